The van der Waals surface area contributed by atoms with E-state index in [4.69, 9.17) is 9.47 Å². The van der Waals surface area contributed by atoms with Crippen molar-refractivity contribution in [1.82, 2.24) is 9.80 Å². The molecule has 1 aliphatic heterocycles. The molecule has 5 rings (SSSR count). The van der Waals surface area contributed by atoms with E-state index in [-0.39, 0.29) is 35.4 Å². The van der Waals surface area contributed by atoms with Crippen molar-refractivity contribution >= 4 is 22.6 Å². The summed E-state index contributed by atoms with van der Waals surface area (Å²) < 4.78 is 11.7. The summed E-state index contributed by atoms with van der Waals surface area (Å²) >= 11 is 0. The third-order valence-electron chi connectivity index (χ3n) is 8.82. The van der Waals surface area contributed by atoms with Crippen LogP contribution >= 0.6 is 0 Å². The van der Waals surface area contributed by atoms with Gasteiger partial charge in [0, 0.05) is 57.1 Å². The van der Waals surface area contributed by atoms with E-state index >= 15 is 0 Å². The standard InChI is InChI=1S/C33H38N2O4/c1-5-16-35-17-15-33(27-11-8-12-29(19-27)39-23(2)36)21-28(20-31(38-4)30(33)22-35)34(3)32(37)26-14-13-24-9-6-7-10-25(24)18-26/h5-14,18-19,28,30-31H,1,15-17,20-22H2,2-4H3/t28-,30+,31?,33+/m1/s1. The first kappa shape index (κ1) is 27.1. The molecule has 39 heavy (non-hydrogen) atoms. The highest BCUT2D eigenvalue weighted by Gasteiger charge is 2.53. The maximum absolute atomic E-state index is 13.8. The number of esters is 1. The van der Waals surface area contributed by atoms with Gasteiger partial charge in [-0.05, 0) is 66.4 Å². The van der Waals surface area contributed by atoms with Crippen LogP contribution < -0.4 is 4.74 Å². The Labute approximate surface area is 231 Å². The van der Waals surface area contributed by atoms with Crippen LogP contribution in [0.2, 0.25) is 0 Å². The van der Waals surface area contributed by atoms with Gasteiger partial charge in [-0.1, -0.05) is 48.5 Å². The molecule has 1 saturated carbocycles. The van der Waals surface area contributed by atoms with Gasteiger partial charge < -0.3 is 14.4 Å². The lowest BCUT2D eigenvalue weighted by atomic mass is 9.56. The van der Waals surface area contributed by atoms with Crippen LogP contribution in [0.3, 0.4) is 0 Å². The number of piperidine rings is 1. The van der Waals surface area contributed by atoms with Crippen molar-refractivity contribution in [3.63, 3.8) is 0 Å². The number of methoxy groups -OCH3 is 1. The average molecular weight is 527 g/mol. The Morgan fingerprint density at radius 3 is 2.64 bits per heavy atom. The topological polar surface area (TPSA) is 59.1 Å². The van der Waals surface area contributed by atoms with Gasteiger partial charge in [0.25, 0.3) is 5.91 Å². The predicted octanol–water partition coefficient (Wildman–Crippen LogP) is 5.46. The van der Waals surface area contributed by atoms with Gasteiger partial charge in [-0.15, -0.1) is 6.58 Å². The normalized spacial score (nSPS) is 25.1. The molecule has 0 spiro atoms. The van der Waals surface area contributed by atoms with Crippen molar-refractivity contribution in [2.45, 2.75) is 43.7 Å². The van der Waals surface area contributed by atoms with Crippen LogP contribution in [-0.2, 0) is 14.9 Å². The molecule has 1 saturated heterocycles. The summed E-state index contributed by atoms with van der Waals surface area (Å²) in [6, 6.07) is 22.0. The minimum Gasteiger partial charge on any atom is -0.427 e. The van der Waals surface area contributed by atoms with Crippen LogP contribution in [0, 0.1) is 5.92 Å². The maximum Gasteiger partial charge on any atom is 0.308 e. The quantitative estimate of drug-likeness (QED) is 0.232. The molecular weight excluding hydrogens is 488 g/mol. The van der Waals surface area contributed by atoms with Crippen molar-refractivity contribution < 1.29 is 19.1 Å². The molecule has 1 unspecified atom stereocenters. The van der Waals surface area contributed by atoms with Gasteiger partial charge >= 0.3 is 5.97 Å². The van der Waals surface area contributed by atoms with Gasteiger partial charge in [-0.2, -0.15) is 0 Å². The van der Waals surface area contributed by atoms with Gasteiger partial charge in [-0.25, -0.2) is 0 Å². The number of nitrogens with zero attached hydrogens (tertiary/aromatic N) is 2. The zero-order valence-corrected chi connectivity index (χ0v) is 23.1. The third kappa shape index (κ3) is 5.36. The first-order chi connectivity index (χ1) is 18.8. The molecule has 0 bridgehead atoms. The van der Waals surface area contributed by atoms with E-state index in [9.17, 15) is 9.59 Å². The number of likely N-dealkylation sites (tertiary alicyclic amines) is 1. The molecule has 3 aromatic carbocycles. The first-order valence-electron chi connectivity index (χ1n) is 13.8. The largest absolute Gasteiger partial charge is 0.427 e. The summed E-state index contributed by atoms with van der Waals surface area (Å²) in [4.78, 5) is 29.9. The van der Waals surface area contributed by atoms with E-state index in [1.54, 1.807) is 7.11 Å². The Balaban J connectivity index is 1.50. The van der Waals surface area contributed by atoms with E-state index < -0.39 is 0 Å². The SMILES string of the molecule is C=CCN1CC[C@@]2(c3cccc(OC(C)=O)c3)C[C@H](N(C)C(=O)c3ccc4ccccc4c3)CC(OC)[C@@H]2C1. The second-order valence-electron chi connectivity index (χ2n) is 11.0. The van der Waals surface area contributed by atoms with E-state index in [1.807, 2.05) is 72.6 Å². The zero-order valence-electron chi connectivity index (χ0n) is 23.1. The average Bonchev–Trinajstić information content (AvgIpc) is 2.95. The highest BCUT2D eigenvalue weighted by Crippen LogP contribution is 2.51. The highest BCUT2D eigenvalue weighted by molar-refractivity contribution is 5.98. The molecule has 1 heterocycles. The Kier molecular flexibility index (Phi) is 7.87. The highest BCUT2D eigenvalue weighted by atomic mass is 16.5. The lowest BCUT2D eigenvalue weighted by Gasteiger charge is -2.56. The second-order valence-corrected chi connectivity index (χ2v) is 11.0. The number of carbonyl (C=O) groups excluding carboxylic acids is 2. The molecule has 6 nitrogen and oxygen atoms in total. The Bertz CT molecular complexity index is 1370. The van der Waals surface area contributed by atoms with Crippen molar-refractivity contribution in [1.29, 1.82) is 0 Å². The Morgan fingerprint density at radius 2 is 1.90 bits per heavy atom. The van der Waals surface area contributed by atoms with Crippen LogP contribution in [0.25, 0.3) is 10.8 Å². The van der Waals surface area contributed by atoms with Crippen molar-refractivity contribution in [2.75, 3.05) is 33.8 Å². The third-order valence-corrected chi connectivity index (χ3v) is 8.82. The number of hydrogen-bond donors (Lipinski definition) is 0. The molecule has 1 amide bonds. The van der Waals surface area contributed by atoms with Crippen LogP contribution in [0.15, 0.2) is 79.4 Å². The minimum absolute atomic E-state index is 0.00601. The Hall–Kier alpha value is -3.48. The van der Waals surface area contributed by atoms with Crippen molar-refractivity contribution in [3.8, 4) is 5.75 Å². The number of rotatable bonds is 7. The molecule has 3 aromatic rings. The molecule has 0 aromatic heterocycles. The van der Waals surface area contributed by atoms with Gasteiger partial charge in [0.05, 0.1) is 6.10 Å². The second kappa shape index (κ2) is 11.3. The summed E-state index contributed by atoms with van der Waals surface area (Å²) in [6.07, 6.45) is 4.44. The summed E-state index contributed by atoms with van der Waals surface area (Å²) in [5, 5.41) is 2.18. The number of fused-ring (bicyclic) bond motifs is 2. The molecule has 2 aliphatic rings. The number of ether oxygens (including phenoxy) is 2. The van der Waals surface area contributed by atoms with Crippen molar-refractivity contribution in [2.24, 2.45) is 5.92 Å². The van der Waals surface area contributed by atoms with E-state index in [0.29, 0.717) is 11.3 Å². The monoisotopic (exact) mass is 526 g/mol. The first-order valence-corrected chi connectivity index (χ1v) is 13.8. The number of hydrogen-bond acceptors (Lipinski definition) is 5. The fourth-order valence-electron chi connectivity index (χ4n) is 6.86. The maximum atomic E-state index is 13.8. The smallest absolute Gasteiger partial charge is 0.308 e. The van der Waals surface area contributed by atoms with Gasteiger partial charge in [0.1, 0.15) is 5.75 Å². The molecule has 4 atom stereocenters. The lowest BCUT2D eigenvalue weighted by Crippen LogP contribution is -2.61. The molecule has 1 aliphatic carbocycles. The molecule has 0 N–H and O–H groups in total. The van der Waals surface area contributed by atoms with Gasteiger partial charge in [-0.3, -0.25) is 14.5 Å². The van der Waals surface area contributed by atoms with Gasteiger partial charge in [0.15, 0.2) is 0 Å². The lowest BCUT2D eigenvalue weighted by molar-refractivity contribution is -0.131. The van der Waals surface area contributed by atoms with Crippen LogP contribution in [0.5, 0.6) is 5.75 Å². The van der Waals surface area contributed by atoms with Crippen LogP contribution in [0.4, 0.5) is 0 Å². The van der Waals surface area contributed by atoms with Gasteiger partial charge in [0.2, 0.25) is 0 Å². The molecule has 2 fully saturated rings. The summed E-state index contributed by atoms with van der Waals surface area (Å²) in [7, 11) is 3.70. The molecule has 6 heteroatoms. The molecule has 0 radical (unpaired) electrons. The zero-order chi connectivity index (χ0) is 27.6. The minimum atomic E-state index is -0.334. The number of amides is 1. The summed E-state index contributed by atoms with van der Waals surface area (Å²) in [5.41, 5.74) is 1.61. The van der Waals surface area contributed by atoms with E-state index in [1.165, 1.54) is 6.92 Å². The van der Waals surface area contributed by atoms with Crippen molar-refractivity contribution in [3.05, 3.63) is 90.5 Å². The van der Waals surface area contributed by atoms with Crippen LogP contribution in [-0.4, -0.2) is 67.6 Å². The summed E-state index contributed by atoms with van der Waals surface area (Å²) in [6.45, 7) is 8.01. The van der Waals surface area contributed by atoms with E-state index in [0.717, 1.165) is 55.2 Å². The summed E-state index contributed by atoms with van der Waals surface area (Å²) in [5.74, 6) is 0.466. The Morgan fingerprint density at radius 1 is 1.10 bits per heavy atom. The van der Waals surface area contributed by atoms with Crippen LogP contribution in [0.1, 0.15) is 42.1 Å². The fourth-order valence-corrected chi connectivity index (χ4v) is 6.86. The molecular formula is C33H38N2O4. The molecule has 204 valence electrons. The van der Waals surface area contributed by atoms with E-state index in [2.05, 4.69) is 23.6 Å². The fraction of sp³-hybridized carbons (Fsp3) is 0.394. The number of carbonyl (C=O) groups is 2. The predicted molar refractivity (Wildman–Crippen MR) is 154 cm³/mol. The number of benzene rings is 3.